The molecule has 7 nitrogen and oxygen atoms in total. The number of hydrogen-bond acceptors (Lipinski definition) is 5. The van der Waals surface area contributed by atoms with Crippen molar-refractivity contribution in [3.63, 3.8) is 0 Å². The summed E-state index contributed by atoms with van der Waals surface area (Å²) < 4.78 is 25.9. The second-order valence-corrected chi connectivity index (χ2v) is 8.76. The lowest BCUT2D eigenvalue weighted by atomic mass is 10.1. The Balaban J connectivity index is 2.07. The van der Waals surface area contributed by atoms with Crippen LogP contribution >= 0.6 is 0 Å². The number of oxime groups is 1. The van der Waals surface area contributed by atoms with E-state index in [-0.39, 0.29) is 11.5 Å². The maximum Gasteiger partial charge on any atom is 0.265 e. The topological polar surface area (TPSA) is 88.1 Å². The minimum Gasteiger partial charge on any atom is -0.386 e. The van der Waals surface area contributed by atoms with Gasteiger partial charge in [-0.25, -0.2) is 12.7 Å². The monoisotopic (exact) mass is 403 g/mol. The van der Waals surface area contributed by atoms with Gasteiger partial charge in [-0.15, -0.1) is 0 Å². The van der Waals surface area contributed by atoms with E-state index in [4.69, 9.17) is 4.84 Å². The average molecular weight is 404 g/mol. The summed E-state index contributed by atoms with van der Waals surface area (Å²) in [7, 11) is -0.680. The number of sulfonamides is 1. The molecule has 2 rings (SSSR count). The van der Waals surface area contributed by atoms with Gasteiger partial charge in [-0.1, -0.05) is 29.4 Å². The van der Waals surface area contributed by atoms with Crippen LogP contribution < -0.4 is 5.32 Å². The molecule has 0 unspecified atom stereocenters. The van der Waals surface area contributed by atoms with Crippen LogP contribution in [0.5, 0.6) is 0 Å². The summed E-state index contributed by atoms with van der Waals surface area (Å²) in [5.74, 6) is -0.427. The van der Waals surface area contributed by atoms with Gasteiger partial charge in [-0.2, -0.15) is 0 Å². The minimum atomic E-state index is -3.60. The number of rotatable bonds is 7. The third-order valence-electron chi connectivity index (χ3n) is 4.34. The molecule has 150 valence electrons. The Bertz CT molecular complexity index is 999. The van der Waals surface area contributed by atoms with Crippen molar-refractivity contribution in [2.24, 2.45) is 5.16 Å². The molecule has 0 bridgehead atoms. The number of carbonyl (C=O) groups is 1. The van der Waals surface area contributed by atoms with Gasteiger partial charge in [0.25, 0.3) is 5.91 Å². The van der Waals surface area contributed by atoms with E-state index < -0.39 is 15.9 Å². The molecule has 2 aromatic rings. The zero-order valence-electron chi connectivity index (χ0n) is 16.7. The number of nitrogens with zero attached hydrogens (tertiary/aromatic N) is 2. The molecule has 1 amide bonds. The molecule has 0 heterocycles. The molecule has 0 saturated carbocycles. The number of carbonyl (C=O) groups excluding carboxylic acids is 1. The van der Waals surface area contributed by atoms with Gasteiger partial charge in [0.2, 0.25) is 10.0 Å². The fraction of sp³-hybridized carbons (Fsp3) is 0.300. The Hall–Kier alpha value is -2.71. The van der Waals surface area contributed by atoms with Crippen LogP contribution in [0, 0.1) is 20.8 Å². The smallest absolute Gasteiger partial charge is 0.265 e. The van der Waals surface area contributed by atoms with E-state index in [9.17, 15) is 13.2 Å². The largest absolute Gasteiger partial charge is 0.386 e. The van der Waals surface area contributed by atoms with Crippen LogP contribution in [-0.4, -0.2) is 45.5 Å². The fourth-order valence-electron chi connectivity index (χ4n) is 2.42. The van der Waals surface area contributed by atoms with Crippen LogP contribution in [0.3, 0.4) is 0 Å². The fourth-order valence-corrected chi connectivity index (χ4v) is 3.44. The van der Waals surface area contributed by atoms with Crippen LogP contribution in [0.2, 0.25) is 0 Å². The Morgan fingerprint density at radius 3 is 2.46 bits per heavy atom. The standard InChI is InChI=1S/C20H25N3O4S/c1-14-8-6-7-9-17(14)12-21-27-13-20(24)22-19-11-18(10-15(2)16(19)3)28(25,26)23(4)5/h6-12H,13H2,1-5H3,(H,22,24)/b21-12+. The molecular formula is C20H25N3O4S. The third kappa shape index (κ3) is 5.17. The SMILES string of the molecule is Cc1ccccc1/C=N/OCC(=O)Nc1cc(S(=O)(=O)N(C)C)cc(C)c1C. The number of amides is 1. The summed E-state index contributed by atoms with van der Waals surface area (Å²) in [6.45, 7) is 5.27. The molecule has 2 aromatic carbocycles. The number of aryl methyl sites for hydroxylation is 2. The first kappa shape index (κ1) is 21.6. The molecule has 0 radical (unpaired) electrons. The second kappa shape index (κ2) is 8.99. The van der Waals surface area contributed by atoms with Gasteiger partial charge in [0.05, 0.1) is 11.1 Å². The quantitative estimate of drug-likeness (QED) is 0.569. The predicted molar refractivity (Wildman–Crippen MR) is 110 cm³/mol. The van der Waals surface area contributed by atoms with E-state index in [1.807, 2.05) is 38.1 Å². The van der Waals surface area contributed by atoms with Crippen molar-refractivity contribution in [1.82, 2.24) is 4.31 Å². The van der Waals surface area contributed by atoms with Crippen LogP contribution in [0.15, 0.2) is 46.4 Å². The molecule has 0 aliphatic rings. The number of hydrogen-bond donors (Lipinski definition) is 1. The first-order valence-corrected chi connectivity index (χ1v) is 10.1. The lowest BCUT2D eigenvalue weighted by Crippen LogP contribution is -2.23. The van der Waals surface area contributed by atoms with E-state index >= 15 is 0 Å². The van der Waals surface area contributed by atoms with Crippen molar-refractivity contribution in [1.29, 1.82) is 0 Å². The summed E-state index contributed by atoms with van der Waals surface area (Å²) in [6, 6.07) is 10.7. The van der Waals surface area contributed by atoms with E-state index in [2.05, 4.69) is 10.5 Å². The summed E-state index contributed by atoms with van der Waals surface area (Å²) in [4.78, 5) is 17.4. The molecule has 0 saturated heterocycles. The molecular weight excluding hydrogens is 378 g/mol. The van der Waals surface area contributed by atoms with Gasteiger partial charge in [-0.05, 0) is 55.2 Å². The number of benzene rings is 2. The average Bonchev–Trinajstić information content (AvgIpc) is 2.63. The Kier molecular flexibility index (Phi) is 6.93. The van der Waals surface area contributed by atoms with Crippen molar-refractivity contribution in [3.05, 3.63) is 58.7 Å². The molecule has 0 spiro atoms. The van der Waals surface area contributed by atoms with Gasteiger partial charge >= 0.3 is 0 Å². The van der Waals surface area contributed by atoms with Crippen molar-refractivity contribution < 1.29 is 18.0 Å². The summed E-state index contributed by atoms with van der Waals surface area (Å²) in [6.07, 6.45) is 1.54. The Labute approximate surface area is 166 Å². The maximum atomic E-state index is 12.4. The molecule has 28 heavy (non-hydrogen) atoms. The van der Waals surface area contributed by atoms with Gasteiger partial charge in [0, 0.05) is 19.8 Å². The van der Waals surface area contributed by atoms with Crippen LogP contribution in [0.25, 0.3) is 0 Å². The highest BCUT2D eigenvalue weighted by Crippen LogP contribution is 2.25. The Morgan fingerprint density at radius 1 is 1.14 bits per heavy atom. The van der Waals surface area contributed by atoms with Gasteiger partial charge in [0.1, 0.15) is 0 Å². The molecule has 1 N–H and O–H groups in total. The van der Waals surface area contributed by atoms with E-state index in [1.54, 1.807) is 19.2 Å². The highest BCUT2D eigenvalue weighted by atomic mass is 32.2. The first-order valence-electron chi connectivity index (χ1n) is 8.67. The van der Waals surface area contributed by atoms with Crippen LogP contribution in [0.4, 0.5) is 5.69 Å². The normalized spacial score (nSPS) is 11.8. The number of anilines is 1. The lowest BCUT2D eigenvalue weighted by Gasteiger charge is -2.16. The molecule has 0 aromatic heterocycles. The van der Waals surface area contributed by atoms with Crippen LogP contribution in [0.1, 0.15) is 22.3 Å². The molecule has 0 atom stereocenters. The summed E-state index contributed by atoms with van der Waals surface area (Å²) >= 11 is 0. The van der Waals surface area contributed by atoms with Crippen molar-refractivity contribution in [2.45, 2.75) is 25.7 Å². The highest BCUT2D eigenvalue weighted by molar-refractivity contribution is 7.89. The van der Waals surface area contributed by atoms with Gasteiger partial charge < -0.3 is 10.2 Å². The van der Waals surface area contributed by atoms with E-state index in [0.717, 1.165) is 26.6 Å². The van der Waals surface area contributed by atoms with Crippen molar-refractivity contribution in [3.8, 4) is 0 Å². The Morgan fingerprint density at radius 2 is 1.82 bits per heavy atom. The van der Waals surface area contributed by atoms with Crippen molar-refractivity contribution >= 4 is 27.8 Å². The van der Waals surface area contributed by atoms with Crippen molar-refractivity contribution in [2.75, 3.05) is 26.0 Å². The highest BCUT2D eigenvalue weighted by Gasteiger charge is 2.20. The van der Waals surface area contributed by atoms with Gasteiger partial charge in [-0.3, -0.25) is 4.79 Å². The zero-order chi connectivity index (χ0) is 20.9. The lowest BCUT2D eigenvalue weighted by molar-refractivity contribution is -0.120. The molecule has 8 heteroatoms. The summed E-state index contributed by atoms with van der Waals surface area (Å²) in [5.41, 5.74) is 3.92. The van der Waals surface area contributed by atoms with E-state index in [0.29, 0.717) is 5.69 Å². The van der Waals surface area contributed by atoms with Gasteiger partial charge in [0.15, 0.2) is 6.61 Å². The number of nitrogens with one attached hydrogen (secondary N) is 1. The maximum absolute atomic E-state index is 12.4. The third-order valence-corrected chi connectivity index (χ3v) is 6.14. The molecule has 0 aliphatic carbocycles. The molecule has 0 aliphatic heterocycles. The zero-order valence-corrected chi connectivity index (χ0v) is 17.5. The van der Waals surface area contributed by atoms with Crippen LogP contribution in [-0.2, 0) is 19.7 Å². The first-order chi connectivity index (χ1) is 13.1. The second-order valence-electron chi connectivity index (χ2n) is 6.61. The summed E-state index contributed by atoms with van der Waals surface area (Å²) in [5, 5.41) is 6.51. The molecule has 0 fully saturated rings. The van der Waals surface area contributed by atoms with E-state index in [1.165, 1.54) is 20.2 Å². The predicted octanol–water partition coefficient (Wildman–Crippen LogP) is 2.85. The minimum absolute atomic E-state index is 0.120.